The molecule has 0 saturated carbocycles. The molecule has 1 aromatic heterocycles. The molecule has 44 heavy (non-hydrogen) atoms. The maximum atomic E-state index is 13.5. The van der Waals surface area contributed by atoms with E-state index in [2.05, 4.69) is 17.4 Å². The van der Waals surface area contributed by atoms with Gasteiger partial charge < -0.3 is 19.5 Å². The van der Waals surface area contributed by atoms with Gasteiger partial charge in [-0.3, -0.25) is 0 Å². The first kappa shape index (κ1) is 30.9. The van der Waals surface area contributed by atoms with Crippen LogP contribution in [-0.4, -0.2) is 46.6 Å². The maximum Gasteiger partial charge on any atom is 0.419 e. The van der Waals surface area contributed by atoms with Gasteiger partial charge in [-0.2, -0.15) is 0 Å². The van der Waals surface area contributed by atoms with Crippen LogP contribution in [0.2, 0.25) is 0 Å². The van der Waals surface area contributed by atoms with Crippen LogP contribution in [0.5, 0.6) is 0 Å². The number of nitrogens with one attached hydrogen (secondary N) is 1. The number of fused-ring (bicyclic) bond motifs is 4. The van der Waals surface area contributed by atoms with Gasteiger partial charge in [-0.25, -0.2) is 19.0 Å². The molecule has 3 aromatic carbocycles. The van der Waals surface area contributed by atoms with Crippen molar-refractivity contribution in [2.24, 2.45) is 0 Å². The number of esters is 1. The molecule has 1 aliphatic carbocycles. The molecule has 0 saturated heterocycles. The lowest BCUT2D eigenvalue weighted by molar-refractivity contribution is -0.157. The van der Waals surface area contributed by atoms with Gasteiger partial charge in [0.15, 0.2) is 0 Å². The van der Waals surface area contributed by atoms with Crippen LogP contribution in [-0.2, 0) is 25.4 Å². The first-order valence-corrected chi connectivity index (χ1v) is 14.9. The summed E-state index contributed by atoms with van der Waals surface area (Å²) in [5, 5.41) is 3.54. The van der Waals surface area contributed by atoms with Gasteiger partial charge in [0.1, 0.15) is 23.9 Å². The molecule has 0 radical (unpaired) electrons. The van der Waals surface area contributed by atoms with Gasteiger partial charge in [0.25, 0.3) is 0 Å². The van der Waals surface area contributed by atoms with E-state index in [4.69, 9.17) is 14.2 Å². The number of carbonyl (C=O) groups is 3. The summed E-state index contributed by atoms with van der Waals surface area (Å²) in [7, 11) is 0. The number of rotatable bonds is 6. The number of hydrogen-bond acceptors (Lipinski definition) is 6. The van der Waals surface area contributed by atoms with Crippen LogP contribution >= 0.6 is 0 Å². The predicted octanol–water partition coefficient (Wildman–Crippen LogP) is 7.52. The number of alkyl carbamates (subject to hydrolysis) is 1. The monoisotopic (exact) mass is 596 g/mol. The molecule has 1 N–H and O–H groups in total. The molecule has 1 heterocycles. The van der Waals surface area contributed by atoms with E-state index in [1.165, 1.54) is 4.57 Å². The minimum atomic E-state index is -1.07. The van der Waals surface area contributed by atoms with Crippen molar-refractivity contribution in [1.82, 2.24) is 9.88 Å². The molecule has 0 bridgehead atoms. The second kappa shape index (κ2) is 11.8. The zero-order chi connectivity index (χ0) is 31.8. The van der Waals surface area contributed by atoms with Gasteiger partial charge >= 0.3 is 18.2 Å². The number of para-hydroxylation sites is 1. The average molecular weight is 597 g/mol. The molecule has 1 amide bonds. The Balaban J connectivity index is 1.41. The number of amides is 1. The Morgan fingerprint density at radius 1 is 0.795 bits per heavy atom. The van der Waals surface area contributed by atoms with Gasteiger partial charge in [0, 0.05) is 23.4 Å². The topological polar surface area (TPSA) is 95.9 Å². The number of nitrogens with zero attached hydrogens (tertiary/aromatic N) is 1. The molecule has 8 nitrogen and oxygen atoms in total. The minimum absolute atomic E-state index is 0.0846. The van der Waals surface area contributed by atoms with E-state index in [0.717, 1.165) is 33.2 Å². The van der Waals surface area contributed by atoms with Gasteiger partial charge in [0.05, 0.1) is 5.52 Å². The molecule has 4 aromatic rings. The molecule has 230 valence electrons. The highest BCUT2D eigenvalue weighted by molar-refractivity contribution is 5.94. The molecular formula is C36H40N2O6. The lowest BCUT2D eigenvalue weighted by Gasteiger charge is -2.25. The zero-order valence-electron chi connectivity index (χ0n) is 26.4. The van der Waals surface area contributed by atoms with Crippen LogP contribution in [0.4, 0.5) is 9.59 Å². The van der Waals surface area contributed by atoms with Crippen LogP contribution in [0.3, 0.4) is 0 Å². The van der Waals surface area contributed by atoms with Crippen molar-refractivity contribution in [2.45, 2.75) is 78.0 Å². The third-order valence-electron chi connectivity index (χ3n) is 7.55. The Hall–Kier alpha value is -4.59. The van der Waals surface area contributed by atoms with E-state index in [1.807, 2.05) is 81.4 Å². The first-order chi connectivity index (χ1) is 20.7. The molecule has 0 fully saturated rings. The summed E-state index contributed by atoms with van der Waals surface area (Å²) >= 11 is 0. The summed E-state index contributed by atoms with van der Waals surface area (Å²) in [6.07, 6.45) is -1.16. The van der Waals surface area contributed by atoms with Crippen molar-refractivity contribution in [3.63, 3.8) is 0 Å². The molecule has 1 atom stereocenters. The van der Waals surface area contributed by atoms with Crippen molar-refractivity contribution in [1.29, 1.82) is 0 Å². The van der Waals surface area contributed by atoms with Crippen LogP contribution in [0, 0.1) is 6.92 Å². The van der Waals surface area contributed by atoms with Gasteiger partial charge in [-0.15, -0.1) is 0 Å². The van der Waals surface area contributed by atoms with Crippen LogP contribution in [0.1, 0.15) is 69.8 Å². The van der Waals surface area contributed by atoms with Crippen LogP contribution < -0.4 is 5.32 Å². The zero-order valence-corrected chi connectivity index (χ0v) is 26.4. The summed E-state index contributed by atoms with van der Waals surface area (Å²) in [5.74, 6) is -0.721. The summed E-state index contributed by atoms with van der Waals surface area (Å²) in [4.78, 5) is 40.0. The highest BCUT2D eigenvalue weighted by atomic mass is 16.6. The Bertz CT molecular complexity index is 1680. The molecular weight excluding hydrogens is 556 g/mol. The standard InChI is InChI=1S/C36H40N2O6/c1-22-28(27-18-12-13-19-31(27)38(22)34(41)44-36(5,6)7)20-30(32(39)43-35(2,3)4)37-33(40)42-21-29-25-16-10-8-14-23(25)24-15-9-11-17-26(24)29/h8-19,29-30H,20-21H2,1-7H3,(H,37,40). The molecule has 0 spiro atoms. The average Bonchev–Trinajstić information content (AvgIpc) is 3.41. The molecule has 0 aliphatic heterocycles. The fourth-order valence-electron chi connectivity index (χ4n) is 5.79. The predicted molar refractivity (Wildman–Crippen MR) is 170 cm³/mol. The van der Waals surface area contributed by atoms with E-state index < -0.39 is 35.4 Å². The number of ether oxygens (including phenoxy) is 3. The number of benzene rings is 3. The van der Waals surface area contributed by atoms with E-state index >= 15 is 0 Å². The van der Waals surface area contributed by atoms with E-state index in [9.17, 15) is 14.4 Å². The van der Waals surface area contributed by atoms with Crippen molar-refractivity contribution in [2.75, 3.05) is 6.61 Å². The number of aromatic nitrogens is 1. The number of hydrogen-bond donors (Lipinski definition) is 1. The van der Waals surface area contributed by atoms with Crippen molar-refractivity contribution in [3.8, 4) is 11.1 Å². The Labute approximate surface area is 258 Å². The lowest BCUT2D eigenvalue weighted by atomic mass is 9.98. The van der Waals surface area contributed by atoms with Gasteiger partial charge in [-0.05, 0) is 82.3 Å². The molecule has 1 aliphatic rings. The van der Waals surface area contributed by atoms with Crippen molar-refractivity contribution >= 4 is 29.1 Å². The molecule has 8 heteroatoms. The summed E-state index contributed by atoms with van der Waals surface area (Å²) in [5.41, 5.74) is 4.95. The van der Waals surface area contributed by atoms with Crippen LogP contribution in [0.25, 0.3) is 22.0 Å². The molecule has 5 rings (SSSR count). The summed E-state index contributed by atoms with van der Waals surface area (Å²) < 4.78 is 18.7. The second-order valence-electron chi connectivity index (χ2n) is 13.2. The van der Waals surface area contributed by atoms with E-state index in [-0.39, 0.29) is 18.9 Å². The second-order valence-corrected chi connectivity index (χ2v) is 13.2. The fourth-order valence-corrected chi connectivity index (χ4v) is 5.79. The van der Waals surface area contributed by atoms with Gasteiger partial charge in [0.2, 0.25) is 0 Å². The number of carbonyl (C=O) groups excluding carboxylic acids is 3. The largest absolute Gasteiger partial charge is 0.458 e. The van der Waals surface area contributed by atoms with E-state index in [0.29, 0.717) is 11.2 Å². The molecule has 1 unspecified atom stereocenters. The van der Waals surface area contributed by atoms with Crippen molar-refractivity contribution in [3.05, 3.63) is 95.2 Å². The van der Waals surface area contributed by atoms with Crippen molar-refractivity contribution < 1.29 is 28.6 Å². The highest BCUT2D eigenvalue weighted by Crippen LogP contribution is 2.44. The minimum Gasteiger partial charge on any atom is -0.458 e. The quantitative estimate of drug-likeness (QED) is 0.183. The Kier molecular flexibility index (Phi) is 8.30. The maximum absolute atomic E-state index is 13.5. The SMILES string of the molecule is Cc1c(CC(NC(=O)OCC2c3ccccc3-c3ccccc32)C(=O)OC(C)(C)C)c2ccccc2n1C(=O)OC(C)(C)C. The normalized spacial score (nSPS) is 13.6. The third kappa shape index (κ3) is 6.49. The lowest BCUT2D eigenvalue weighted by Crippen LogP contribution is -2.46. The third-order valence-corrected chi connectivity index (χ3v) is 7.55. The summed E-state index contributed by atoms with van der Waals surface area (Å²) in [6, 6.07) is 22.6. The highest BCUT2D eigenvalue weighted by Gasteiger charge is 2.33. The Morgan fingerprint density at radius 3 is 1.93 bits per heavy atom. The van der Waals surface area contributed by atoms with Gasteiger partial charge in [-0.1, -0.05) is 66.7 Å². The summed E-state index contributed by atoms with van der Waals surface area (Å²) in [6.45, 7) is 12.7. The smallest absolute Gasteiger partial charge is 0.419 e. The first-order valence-electron chi connectivity index (χ1n) is 14.9. The fraction of sp³-hybridized carbons (Fsp3) is 0.361. The van der Waals surface area contributed by atoms with Crippen LogP contribution in [0.15, 0.2) is 72.8 Å². The Morgan fingerprint density at radius 2 is 1.34 bits per heavy atom. The van der Waals surface area contributed by atoms with E-state index in [1.54, 1.807) is 27.7 Å².